The molecule has 0 bridgehead atoms. The van der Waals surface area contributed by atoms with Crippen LogP contribution in [0.5, 0.6) is 0 Å². The molecule has 80 valence electrons. The summed E-state index contributed by atoms with van der Waals surface area (Å²) in [5.74, 6) is 0. The normalized spacial score (nSPS) is 11.1. The molecule has 0 atom stereocenters. The van der Waals surface area contributed by atoms with E-state index in [1.807, 2.05) is 0 Å². The minimum Gasteiger partial charge on any atom is -0.313 e. The molecule has 1 aromatic rings. The highest BCUT2D eigenvalue weighted by atomic mass is 16.1. The van der Waals surface area contributed by atoms with Gasteiger partial charge in [0.2, 0.25) is 0 Å². The molecule has 0 radical (unpaired) electrons. The van der Waals surface area contributed by atoms with Crippen molar-refractivity contribution in [1.82, 2.24) is 14.5 Å². The van der Waals surface area contributed by atoms with Crippen LogP contribution in [-0.4, -0.2) is 34.1 Å². The number of rotatable bonds is 6. The average Bonchev–Trinajstić information content (AvgIpc) is 2.59. The van der Waals surface area contributed by atoms with Gasteiger partial charge in [0, 0.05) is 18.9 Å². The summed E-state index contributed by atoms with van der Waals surface area (Å²) in [6, 6.07) is 0. The van der Waals surface area contributed by atoms with Crippen LogP contribution >= 0.6 is 0 Å². The highest BCUT2D eigenvalue weighted by molar-refractivity contribution is 4.75. The van der Waals surface area contributed by atoms with Gasteiger partial charge in [-0.3, -0.25) is 4.57 Å². The fraction of sp³-hybridized carbons (Fsp3) is 0.700. The highest BCUT2D eigenvalue weighted by Crippen LogP contribution is 1.92. The van der Waals surface area contributed by atoms with Crippen LogP contribution in [0.3, 0.4) is 0 Å². The molecule has 0 saturated carbocycles. The van der Waals surface area contributed by atoms with E-state index in [0.29, 0.717) is 0 Å². The topological polar surface area (TPSA) is 41.0 Å². The quantitative estimate of drug-likeness (QED) is 0.736. The van der Waals surface area contributed by atoms with E-state index in [-0.39, 0.29) is 5.69 Å². The van der Waals surface area contributed by atoms with E-state index in [4.69, 9.17) is 0 Å². The predicted molar refractivity (Wildman–Crippen MR) is 57.5 cm³/mol. The van der Waals surface area contributed by atoms with Gasteiger partial charge in [-0.15, -0.1) is 0 Å². The lowest BCUT2D eigenvalue weighted by Gasteiger charge is -2.17. The van der Waals surface area contributed by atoms with Crippen LogP contribution in [0.4, 0.5) is 0 Å². The molecule has 1 N–H and O–H groups in total. The Morgan fingerprint density at radius 2 is 2.14 bits per heavy atom. The highest BCUT2D eigenvalue weighted by Gasteiger charge is 1.99. The predicted octanol–water partition coefficient (Wildman–Crippen LogP) is 0.908. The van der Waals surface area contributed by atoms with Gasteiger partial charge in [0.1, 0.15) is 0 Å². The zero-order valence-corrected chi connectivity index (χ0v) is 8.99. The van der Waals surface area contributed by atoms with E-state index in [0.717, 1.165) is 32.6 Å². The molecule has 4 heteroatoms. The Morgan fingerprint density at radius 1 is 1.43 bits per heavy atom. The molecule has 0 aliphatic rings. The third-order valence-corrected chi connectivity index (χ3v) is 2.49. The zero-order valence-electron chi connectivity index (χ0n) is 8.99. The van der Waals surface area contributed by atoms with Crippen LogP contribution in [0, 0.1) is 0 Å². The van der Waals surface area contributed by atoms with E-state index in [1.165, 1.54) is 0 Å². The molecular formula is C10H19N3O. The monoisotopic (exact) mass is 197 g/mol. The third kappa shape index (κ3) is 3.03. The van der Waals surface area contributed by atoms with E-state index < -0.39 is 0 Å². The fourth-order valence-corrected chi connectivity index (χ4v) is 1.53. The van der Waals surface area contributed by atoms with Crippen molar-refractivity contribution >= 4 is 0 Å². The summed E-state index contributed by atoms with van der Waals surface area (Å²) in [5, 5.41) is 0. The Bertz CT molecular complexity index is 298. The van der Waals surface area contributed by atoms with Crippen molar-refractivity contribution in [2.75, 3.05) is 19.6 Å². The first-order valence-corrected chi connectivity index (χ1v) is 5.24. The summed E-state index contributed by atoms with van der Waals surface area (Å²) in [7, 11) is 0. The smallest absolute Gasteiger partial charge is 0.313 e. The Kier molecular flexibility index (Phi) is 4.46. The second-order valence-electron chi connectivity index (χ2n) is 3.34. The Labute approximate surface area is 84.5 Å². The van der Waals surface area contributed by atoms with Gasteiger partial charge in [0.25, 0.3) is 0 Å². The lowest BCUT2D eigenvalue weighted by Crippen LogP contribution is -2.26. The minimum atomic E-state index is -0.00968. The van der Waals surface area contributed by atoms with Gasteiger partial charge >= 0.3 is 5.69 Å². The standard InChI is InChI=1S/C10H19N3O/c1-3-12(4-2)7-5-8-13-9-6-11-10(13)14/h6,9H,3-5,7-8H2,1-2H3,(H,11,14). The molecule has 1 heterocycles. The molecule has 0 spiro atoms. The number of hydrogen-bond acceptors (Lipinski definition) is 2. The van der Waals surface area contributed by atoms with Crippen LogP contribution in [-0.2, 0) is 6.54 Å². The number of aryl methyl sites for hydroxylation is 1. The molecule has 0 unspecified atom stereocenters. The number of aromatic nitrogens is 2. The van der Waals surface area contributed by atoms with Crippen molar-refractivity contribution in [1.29, 1.82) is 0 Å². The molecule has 4 nitrogen and oxygen atoms in total. The Hall–Kier alpha value is -1.03. The molecule has 0 aliphatic heterocycles. The number of nitrogens with zero attached hydrogens (tertiary/aromatic N) is 2. The van der Waals surface area contributed by atoms with Crippen molar-refractivity contribution in [3.05, 3.63) is 22.9 Å². The molecule has 0 saturated heterocycles. The molecular weight excluding hydrogens is 178 g/mol. The summed E-state index contributed by atoms with van der Waals surface area (Å²) in [5.41, 5.74) is -0.00968. The number of nitrogens with one attached hydrogen (secondary N) is 1. The number of imidazole rings is 1. The SMILES string of the molecule is CCN(CC)CCCn1cc[nH]c1=O. The second-order valence-corrected chi connectivity index (χ2v) is 3.34. The van der Waals surface area contributed by atoms with Gasteiger partial charge in [0.05, 0.1) is 0 Å². The van der Waals surface area contributed by atoms with Crippen molar-refractivity contribution in [3.8, 4) is 0 Å². The summed E-state index contributed by atoms with van der Waals surface area (Å²) in [4.78, 5) is 16.1. The van der Waals surface area contributed by atoms with Gasteiger partial charge in [-0.2, -0.15) is 0 Å². The number of aromatic amines is 1. The Balaban J connectivity index is 2.28. The van der Waals surface area contributed by atoms with Gasteiger partial charge in [-0.05, 0) is 26.1 Å². The number of hydrogen-bond donors (Lipinski definition) is 1. The first kappa shape index (κ1) is 11.0. The van der Waals surface area contributed by atoms with Crippen molar-refractivity contribution < 1.29 is 0 Å². The van der Waals surface area contributed by atoms with E-state index in [1.54, 1.807) is 17.0 Å². The van der Waals surface area contributed by atoms with Crippen molar-refractivity contribution in [2.45, 2.75) is 26.8 Å². The summed E-state index contributed by atoms with van der Waals surface area (Å²) in [6.07, 6.45) is 4.50. The lowest BCUT2D eigenvalue weighted by molar-refractivity contribution is 0.292. The maximum atomic E-state index is 11.1. The van der Waals surface area contributed by atoms with Gasteiger partial charge < -0.3 is 9.88 Å². The number of H-pyrrole nitrogens is 1. The third-order valence-electron chi connectivity index (χ3n) is 2.49. The molecule has 0 amide bonds. The molecule has 1 rings (SSSR count). The zero-order chi connectivity index (χ0) is 10.4. The molecule has 14 heavy (non-hydrogen) atoms. The van der Waals surface area contributed by atoms with Crippen LogP contribution in [0.25, 0.3) is 0 Å². The summed E-state index contributed by atoms with van der Waals surface area (Å²) >= 11 is 0. The van der Waals surface area contributed by atoms with Crippen molar-refractivity contribution in [2.24, 2.45) is 0 Å². The lowest BCUT2D eigenvalue weighted by atomic mass is 10.3. The first-order chi connectivity index (χ1) is 6.77. The Morgan fingerprint density at radius 3 is 2.64 bits per heavy atom. The molecule has 0 aromatic carbocycles. The maximum Gasteiger partial charge on any atom is 0.325 e. The van der Waals surface area contributed by atoms with Crippen LogP contribution < -0.4 is 5.69 Å². The average molecular weight is 197 g/mol. The van der Waals surface area contributed by atoms with E-state index in [2.05, 4.69) is 23.7 Å². The van der Waals surface area contributed by atoms with Gasteiger partial charge in [-0.25, -0.2) is 4.79 Å². The first-order valence-electron chi connectivity index (χ1n) is 5.24. The second kappa shape index (κ2) is 5.65. The largest absolute Gasteiger partial charge is 0.325 e. The van der Waals surface area contributed by atoms with Gasteiger partial charge in [0.15, 0.2) is 0 Å². The molecule has 1 aromatic heterocycles. The van der Waals surface area contributed by atoms with Crippen LogP contribution in [0.1, 0.15) is 20.3 Å². The molecule has 0 fully saturated rings. The van der Waals surface area contributed by atoms with E-state index >= 15 is 0 Å². The molecule has 0 aliphatic carbocycles. The fourth-order valence-electron chi connectivity index (χ4n) is 1.53. The maximum absolute atomic E-state index is 11.1. The van der Waals surface area contributed by atoms with E-state index in [9.17, 15) is 4.79 Å². The van der Waals surface area contributed by atoms with Crippen molar-refractivity contribution in [3.63, 3.8) is 0 Å². The summed E-state index contributed by atoms with van der Waals surface area (Å²) < 4.78 is 1.71. The minimum absolute atomic E-state index is 0.00968. The summed E-state index contributed by atoms with van der Waals surface area (Å²) in [6.45, 7) is 8.35. The van der Waals surface area contributed by atoms with Crippen LogP contribution in [0.15, 0.2) is 17.2 Å². The van der Waals surface area contributed by atoms with Gasteiger partial charge in [-0.1, -0.05) is 13.8 Å². The van der Waals surface area contributed by atoms with Crippen LogP contribution in [0.2, 0.25) is 0 Å².